The van der Waals surface area contributed by atoms with Gasteiger partial charge in [-0.25, -0.2) is 13.4 Å². The molecule has 1 aliphatic heterocycles. The molecule has 1 N–H and O–H groups in total. The average Bonchev–Trinajstić information content (AvgIpc) is 2.94. The number of H-pyrrole nitrogens is 1. The van der Waals surface area contributed by atoms with E-state index in [2.05, 4.69) is 9.97 Å². The third kappa shape index (κ3) is 2.19. The fraction of sp³-hybridized carbons (Fsp3) is 0.308. The van der Waals surface area contributed by atoms with Crippen LogP contribution in [0.25, 0.3) is 0 Å². The predicted octanol–water partition coefficient (Wildman–Crippen LogP) is 1.17. The van der Waals surface area contributed by atoms with Crippen LogP contribution in [0.2, 0.25) is 0 Å². The van der Waals surface area contributed by atoms with E-state index >= 15 is 0 Å². The maximum absolute atomic E-state index is 12.6. The first-order valence-electron chi connectivity index (χ1n) is 6.26. The van der Waals surface area contributed by atoms with Gasteiger partial charge >= 0.3 is 0 Å². The molecule has 0 aliphatic carbocycles. The van der Waals surface area contributed by atoms with Gasteiger partial charge in [-0.2, -0.15) is 4.31 Å². The lowest BCUT2D eigenvalue weighted by Gasteiger charge is -2.25. The third-order valence-corrected chi connectivity index (χ3v) is 5.30. The highest BCUT2D eigenvalue weighted by atomic mass is 32.2. The zero-order valence-corrected chi connectivity index (χ0v) is 11.9. The van der Waals surface area contributed by atoms with Crippen molar-refractivity contribution < 1.29 is 13.2 Å². The number of nitrogens with one attached hydrogen (secondary N) is 1. The maximum Gasteiger partial charge on any atom is 0.243 e. The van der Waals surface area contributed by atoms with Crippen LogP contribution in [0.4, 0.5) is 0 Å². The summed E-state index contributed by atoms with van der Waals surface area (Å²) < 4.78 is 31.6. The van der Waals surface area contributed by atoms with Crippen LogP contribution in [0.1, 0.15) is 11.4 Å². The molecule has 106 valence electrons. The largest absolute Gasteiger partial charge is 0.497 e. The van der Waals surface area contributed by atoms with Crippen molar-refractivity contribution in [2.45, 2.75) is 17.9 Å². The van der Waals surface area contributed by atoms with Crippen LogP contribution in [0.3, 0.4) is 0 Å². The monoisotopic (exact) mass is 293 g/mol. The Morgan fingerprint density at radius 3 is 2.75 bits per heavy atom. The summed E-state index contributed by atoms with van der Waals surface area (Å²) in [6.07, 6.45) is 2.24. The molecule has 0 bridgehead atoms. The van der Waals surface area contributed by atoms with Crippen molar-refractivity contribution in [2.75, 3.05) is 13.7 Å². The third-order valence-electron chi connectivity index (χ3n) is 3.44. The Hall–Kier alpha value is -1.86. The van der Waals surface area contributed by atoms with E-state index < -0.39 is 10.0 Å². The molecule has 0 amide bonds. The number of sulfonamides is 1. The summed E-state index contributed by atoms with van der Waals surface area (Å²) in [5.74, 6) is 0.637. The molecule has 1 aromatic carbocycles. The van der Waals surface area contributed by atoms with Gasteiger partial charge < -0.3 is 9.72 Å². The minimum Gasteiger partial charge on any atom is -0.497 e. The lowest BCUT2D eigenvalue weighted by molar-refractivity contribution is 0.385. The minimum atomic E-state index is -3.48. The van der Waals surface area contributed by atoms with Gasteiger partial charge in [-0.1, -0.05) is 0 Å². The lowest BCUT2D eigenvalue weighted by atomic mass is 10.2. The molecule has 2 aromatic rings. The SMILES string of the molecule is COc1ccc(S(=O)(=O)N2CCc3nc[nH]c3C2)cc1. The van der Waals surface area contributed by atoms with Crippen LogP contribution in [0, 0.1) is 0 Å². The number of fused-ring (bicyclic) bond motifs is 1. The Labute approximate surface area is 117 Å². The van der Waals surface area contributed by atoms with Crippen molar-refractivity contribution in [1.82, 2.24) is 14.3 Å². The van der Waals surface area contributed by atoms with Crippen LogP contribution in [0.5, 0.6) is 5.75 Å². The number of benzene rings is 1. The molecule has 0 saturated carbocycles. The predicted molar refractivity (Wildman–Crippen MR) is 72.9 cm³/mol. The summed E-state index contributed by atoms with van der Waals surface area (Å²) in [7, 11) is -1.93. The van der Waals surface area contributed by atoms with Crippen molar-refractivity contribution >= 4 is 10.0 Å². The summed E-state index contributed by atoms with van der Waals surface area (Å²) in [6, 6.07) is 6.43. The zero-order chi connectivity index (χ0) is 14.2. The van der Waals surface area contributed by atoms with Crippen LogP contribution < -0.4 is 4.74 Å². The Bertz CT molecular complexity index is 707. The number of rotatable bonds is 3. The quantitative estimate of drug-likeness (QED) is 0.921. The highest BCUT2D eigenvalue weighted by Crippen LogP contribution is 2.24. The van der Waals surface area contributed by atoms with Gasteiger partial charge in [-0.3, -0.25) is 0 Å². The second-order valence-electron chi connectivity index (χ2n) is 4.59. The lowest BCUT2D eigenvalue weighted by Crippen LogP contribution is -2.36. The van der Waals surface area contributed by atoms with E-state index in [0.717, 1.165) is 11.4 Å². The topological polar surface area (TPSA) is 75.3 Å². The van der Waals surface area contributed by atoms with Crippen molar-refractivity contribution in [3.05, 3.63) is 42.0 Å². The molecule has 0 saturated heterocycles. The van der Waals surface area contributed by atoms with E-state index in [1.165, 1.54) is 4.31 Å². The van der Waals surface area contributed by atoms with Gasteiger partial charge in [0, 0.05) is 13.0 Å². The summed E-state index contributed by atoms with van der Waals surface area (Å²) in [6.45, 7) is 0.788. The number of aromatic nitrogens is 2. The first kappa shape index (κ1) is 13.1. The van der Waals surface area contributed by atoms with Crippen LogP contribution in [-0.2, 0) is 23.0 Å². The highest BCUT2D eigenvalue weighted by Gasteiger charge is 2.29. The van der Waals surface area contributed by atoms with E-state index in [-0.39, 0.29) is 4.90 Å². The first-order chi connectivity index (χ1) is 9.61. The van der Waals surface area contributed by atoms with Crippen LogP contribution in [0.15, 0.2) is 35.5 Å². The van der Waals surface area contributed by atoms with E-state index in [4.69, 9.17) is 4.74 Å². The zero-order valence-electron chi connectivity index (χ0n) is 11.0. The maximum atomic E-state index is 12.6. The van der Waals surface area contributed by atoms with Gasteiger partial charge in [0.25, 0.3) is 0 Å². The molecule has 0 fully saturated rings. The Morgan fingerprint density at radius 1 is 1.30 bits per heavy atom. The molecule has 7 heteroatoms. The first-order valence-corrected chi connectivity index (χ1v) is 7.70. The van der Waals surface area contributed by atoms with Gasteiger partial charge in [0.2, 0.25) is 10.0 Å². The van der Waals surface area contributed by atoms with Gasteiger partial charge in [0.1, 0.15) is 5.75 Å². The number of imidazole rings is 1. The fourth-order valence-electron chi connectivity index (χ4n) is 2.29. The molecule has 0 atom stereocenters. The van der Waals surface area contributed by atoms with Gasteiger partial charge in [-0.05, 0) is 24.3 Å². The van der Waals surface area contributed by atoms with Gasteiger partial charge in [0.15, 0.2) is 0 Å². The summed E-state index contributed by atoms with van der Waals surface area (Å²) >= 11 is 0. The average molecular weight is 293 g/mol. The second-order valence-corrected chi connectivity index (χ2v) is 6.53. The molecule has 1 aliphatic rings. The molecule has 0 radical (unpaired) electrons. The number of hydrogen-bond acceptors (Lipinski definition) is 4. The number of nitrogens with zero attached hydrogens (tertiary/aromatic N) is 2. The minimum absolute atomic E-state index is 0.279. The van der Waals surface area contributed by atoms with Crippen LogP contribution in [-0.4, -0.2) is 36.3 Å². The number of hydrogen-bond donors (Lipinski definition) is 1. The Morgan fingerprint density at radius 2 is 2.05 bits per heavy atom. The van der Waals surface area contributed by atoms with E-state index in [1.807, 2.05) is 0 Å². The van der Waals surface area contributed by atoms with E-state index in [9.17, 15) is 8.42 Å². The van der Waals surface area contributed by atoms with Crippen molar-refractivity contribution in [2.24, 2.45) is 0 Å². The van der Waals surface area contributed by atoms with E-state index in [0.29, 0.717) is 25.3 Å². The standard InChI is InChI=1S/C13H15N3O3S/c1-19-10-2-4-11(5-3-10)20(17,18)16-7-6-12-13(8-16)15-9-14-12/h2-5,9H,6-8H2,1H3,(H,14,15). The Kier molecular flexibility index (Phi) is 3.23. The molecule has 0 spiro atoms. The number of ether oxygens (including phenoxy) is 1. The van der Waals surface area contributed by atoms with Gasteiger partial charge in [-0.15, -0.1) is 0 Å². The number of aromatic amines is 1. The molecule has 3 rings (SSSR count). The Balaban J connectivity index is 1.88. The molecule has 1 aromatic heterocycles. The molecule has 0 unspecified atom stereocenters. The second kappa shape index (κ2) is 4.92. The fourth-order valence-corrected chi connectivity index (χ4v) is 3.70. The van der Waals surface area contributed by atoms with Crippen molar-refractivity contribution in [3.8, 4) is 5.75 Å². The van der Waals surface area contributed by atoms with Crippen molar-refractivity contribution in [1.29, 1.82) is 0 Å². The van der Waals surface area contributed by atoms with E-state index in [1.54, 1.807) is 37.7 Å². The molecular formula is C13H15N3O3S. The molecule has 6 nitrogen and oxygen atoms in total. The van der Waals surface area contributed by atoms with Crippen LogP contribution >= 0.6 is 0 Å². The highest BCUT2D eigenvalue weighted by molar-refractivity contribution is 7.89. The summed E-state index contributed by atoms with van der Waals surface area (Å²) in [5.41, 5.74) is 1.82. The molecular weight excluding hydrogens is 278 g/mol. The van der Waals surface area contributed by atoms with Gasteiger partial charge in [0.05, 0.1) is 36.3 Å². The molecule has 2 heterocycles. The number of methoxy groups -OCH3 is 1. The summed E-state index contributed by atoms with van der Waals surface area (Å²) in [5, 5.41) is 0. The smallest absolute Gasteiger partial charge is 0.243 e. The van der Waals surface area contributed by atoms with Crippen molar-refractivity contribution in [3.63, 3.8) is 0 Å². The molecule has 20 heavy (non-hydrogen) atoms. The normalized spacial score (nSPS) is 15.8. The summed E-state index contributed by atoms with van der Waals surface area (Å²) in [4.78, 5) is 7.45.